The van der Waals surface area contributed by atoms with Crippen molar-refractivity contribution in [2.24, 2.45) is 0 Å². The first-order valence-corrected chi connectivity index (χ1v) is 9.40. The van der Waals surface area contributed by atoms with Crippen molar-refractivity contribution < 1.29 is 14.3 Å². The van der Waals surface area contributed by atoms with Crippen molar-refractivity contribution in [2.75, 3.05) is 33.3 Å². The third-order valence-corrected chi connectivity index (χ3v) is 5.02. The summed E-state index contributed by atoms with van der Waals surface area (Å²) in [6.45, 7) is 4.27. The maximum absolute atomic E-state index is 13.0. The SMILES string of the molecule is CCc1ccc(OC)c(C(=O)N2CCN(C(=O)Cc3ccccc3)CC2)c1. The Kier molecular flexibility index (Phi) is 6.12. The number of ether oxygens (including phenoxy) is 1. The number of hydrogen-bond donors (Lipinski definition) is 0. The molecule has 1 saturated heterocycles. The van der Waals surface area contributed by atoms with Crippen LogP contribution >= 0.6 is 0 Å². The van der Waals surface area contributed by atoms with Gasteiger partial charge in [0, 0.05) is 26.2 Å². The molecule has 1 heterocycles. The Morgan fingerprint density at radius 1 is 0.926 bits per heavy atom. The first-order valence-electron chi connectivity index (χ1n) is 9.40. The largest absolute Gasteiger partial charge is 0.496 e. The van der Waals surface area contributed by atoms with Crippen LogP contribution in [0.4, 0.5) is 0 Å². The van der Waals surface area contributed by atoms with E-state index in [4.69, 9.17) is 4.74 Å². The molecule has 2 aromatic rings. The highest BCUT2D eigenvalue weighted by Crippen LogP contribution is 2.23. The lowest BCUT2D eigenvalue weighted by atomic mass is 10.1. The minimum Gasteiger partial charge on any atom is -0.496 e. The van der Waals surface area contributed by atoms with Gasteiger partial charge in [-0.05, 0) is 29.7 Å². The summed E-state index contributed by atoms with van der Waals surface area (Å²) in [5.74, 6) is 0.677. The van der Waals surface area contributed by atoms with Gasteiger partial charge in [0.1, 0.15) is 5.75 Å². The smallest absolute Gasteiger partial charge is 0.257 e. The molecule has 0 saturated carbocycles. The maximum Gasteiger partial charge on any atom is 0.257 e. The van der Waals surface area contributed by atoms with Gasteiger partial charge in [-0.25, -0.2) is 0 Å². The lowest BCUT2D eigenvalue weighted by Gasteiger charge is -2.35. The molecule has 0 spiro atoms. The highest BCUT2D eigenvalue weighted by Gasteiger charge is 2.26. The molecule has 5 heteroatoms. The first kappa shape index (κ1) is 19.0. The molecule has 0 aliphatic carbocycles. The molecule has 1 aliphatic heterocycles. The zero-order chi connectivity index (χ0) is 19.2. The second kappa shape index (κ2) is 8.71. The van der Waals surface area contributed by atoms with Gasteiger partial charge in [0.2, 0.25) is 5.91 Å². The minimum atomic E-state index is -0.0303. The van der Waals surface area contributed by atoms with E-state index >= 15 is 0 Å². The minimum absolute atomic E-state index is 0.0303. The number of methoxy groups -OCH3 is 1. The Morgan fingerprint density at radius 2 is 1.59 bits per heavy atom. The molecule has 0 aromatic heterocycles. The van der Waals surface area contributed by atoms with Crippen LogP contribution in [0, 0.1) is 0 Å². The number of hydrogen-bond acceptors (Lipinski definition) is 3. The molecule has 0 N–H and O–H groups in total. The molecule has 27 heavy (non-hydrogen) atoms. The molecule has 2 aromatic carbocycles. The Balaban J connectivity index is 1.62. The number of nitrogens with zero attached hydrogens (tertiary/aromatic N) is 2. The van der Waals surface area contributed by atoms with E-state index in [0.717, 1.165) is 17.5 Å². The van der Waals surface area contributed by atoms with E-state index in [1.165, 1.54) is 0 Å². The van der Waals surface area contributed by atoms with Gasteiger partial charge in [-0.2, -0.15) is 0 Å². The topological polar surface area (TPSA) is 49.9 Å². The number of carbonyl (C=O) groups is 2. The number of amides is 2. The summed E-state index contributed by atoms with van der Waals surface area (Å²) in [5.41, 5.74) is 2.72. The van der Waals surface area contributed by atoms with Crippen LogP contribution in [0.25, 0.3) is 0 Å². The van der Waals surface area contributed by atoms with Crippen molar-refractivity contribution in [2.45, 2.75) is 19.8 Å². The van der Waals surface area contributed by atoms with E-state index in [1.54, 1.807) is 7.11 Å². The van der Waals surface area contributed by atoms with Gasteiger partial charge in [0.25, 0.3) is 5.91 Å². The first-order chi connectivity index (χ1) is 13.1. The quantitative estimate of drug-likeness (QED) is 0.818. The van der Waals surface area contributed by atoms with Crippen LogP contribution < -0.4 is 4.74 Å². The van der Waals surface area contributed by atoms with Gasteiger partial charge >= 0.3 is 0 Å². The summed E-state index contributed by atoms with van der Waals surface area (Å²) >= 11 is 0. The molecule has 3 rings (SSSR count). The van der Waals surface area contributed by atoms with Crippen LogP contribution in [0.15, 0.2) is 48.5 Å². The number of piperazine rings is 1. The third-order valence-electron chi connectivity index (χ3n) is 5.02. The Labute approximate surface area is 160 Å². The number of carbonyl (C=O) groups excluding carboxylic acids is 2. The molecule has 142 valence electrons. The third kappa shape index (κ3) is 4.48. The Hall–Kier alpha value is -2.82. The number of benzene rings is 2. The van der Waals surface area contributed by atoms with E-state index in [9.17, 15) is 9.59 Å². The second-order valence-electron chi connectivity index (χ2n) is 6.72. The molecule has 1 fully saturated rings. The highest BCUT2D eigenvalue weighted by molar-refractivity contribution is 5.97. The zero-order valence-electron chi connectivity index (χ0n) is 16.0. The molecule has 2 amide bonds. The lowest BCUT2D eigenvalue weighted by molar-refractivity contribution is -0.131. The lowest BCUT2D eigenvalue weighted by Crippen LogP contribution is -2.51. The van der Waals surface area contributed by atoms with Crippen LogP contribution in [0.3, 0.4) is 0 Å². The zero-order valence-corrected chi connectivity index (χ0v) is 16.0. The molecule has 0 bridgehead atoms. The summed E-state index contributed by atoms with van der Waals surface area (Å²) in [6, 6.07) is 15.5. The van der Waals surface area contributed by atoms with Crippen LogP contribution in [-0.4, -0.2) is 54.9 Å². The Bertz CT molecular complexity index is 796. The van der Waals surface area contributed by atoms with Gasteiger partial charge in [-0.1, -0.05) is 43.3 Å². The van der Waals surface area contributed by atoms with Gasteiger partial charge in [-0.15, -0.1) is 0 Å². The maximum atomic E-state index is 13.0. The fourth-order valence-corrected chi connectivity index (χ4v) is 3.35. The fraction of sp³-hybridized carbons (Fsp3) is 0.364. The summed E-state index contributed by atoms with van der Waals surface area (Å²) < 4.78 is 5.37. The molecular weight excluding hydrogens is 340 g/mol. The van der Waals surface area contributed by atoms with Crippen molar-refractivity contribution in [1.82, 2.24) is 9.80 Å². The average Bonchev–Trinajstić information content (AvgIpc) is 2.73. The standard InChI is InChI=1S/C22H26N2O3/c1-3-17-9-10-20(27-2)19(15-17)22(26)24-13-11-23(12-14-24)21(25)16-18-7-5-4-6-8-18/h4-10,15H,3,11-14,16H2,1-2H3. The van der Waals surface area contributed by atoms with E-state index < -0.39 is 0 Å². The van der Waals surface area contributed by atoms with E-state index in [-0.39, 0.29) is 11.8 Å². The van der Waals surface area contributed by atoms with Crippen LogP contribution in [-0.2, 0) is 17.6 Å². The van der Waals surface area contributed by atoms with Crippen LogP contribution in [0.1, 0.15) is 28.4 Å². The van der Waals surface area contributed by atoms with Gasteiger partial charge in [0.15, 0.2) is 0 Å². The van der Waals surface area contributed by atoms with Crippen molar-refractivity contribution in [1.29, 1.82) is 0 Å². The van der Waals surface area contributed by atoms with E-state index in [1.807, 2.05) is 58.3 Å². The molecule has 0 unspecified atom stereocenters. The normalized spacial score (nSPS) is 14.1. The summed E-state index contributed by atoms with van der Waals surface area (Å²) in [5, 5.41) is 0. The van der Waals surface area contributed by atoms with Gasteiger partial charge in [0.05, 0.1) is 19.1 Å². The average molecular weight is 366 g/mol. The van der Waals surface area contributed by atoms with E-state index in [0.29, 0.717) is 43.9 Å². The predicted molar refractivity (Wildman–Crippen MR) is 105 cm³/mol. The molecule has 0 radical (unpaired) electrons. The van der Waals surface area contributed by atoms with E-state index in [2.05, 4.69) is 6.92 Å². The molecule has 0 atom stereocenters. The van der Waals surface area contributed by atoms with Crippen molar-refractivity contribution in [3.05, 3.63) is 65.2 Å². The highest BCUT2D eigenvalue weighted by atomic mass is 16.5. The summed E-state index contributed by atoms with van der Waals surface area (Å²) in [7, 11) is 1.58. The summed E-state index contributed by atoms with van der Waals surface area (Å²) in [4.78, 5) is 29.1. The van der Waals surface area contributed by atoms with Crippen LogP contribution in [0.5, 0.6) is 5.75 Å². The van der Waals surface area contributed by atoms with Crippen molar-refractivity contribution >= 4 is 11.8 Å². The Morgan fingerprint density at radius 3 is 2.22 bits per heavy atom. The molecule has 5 nitrogen and oxygen atoms in total. The monoisotopic (exact) mass is 366 g/mol. The fourth-order valence-electron chi connectivity index (χ4n) is 3.35. The molecular formula is C22H26N2O3. The van der Waals surface area contributed by atoms with Crippen molar-refractivity contribution in [3.63, 3.8) is 0 Å². The van der Waals surface area contributed by atoms with Crippen LogP contribution in [0.2, 0.25) is 0 Å². The molecule has 1 aliphatic rings. The van der Waals surface area contributed by atoms with Gasteiger partial charge < -0.3 is 14.5 Å². The second-order valence-corrected chi connectivity index (χ2v) is 6.72. The number of aryl methyl sites for hydroxylation is 1. The number of rotatable bonds is 5. The summed E-state index contributed by atoms with van der Waals surface area (Å²) in [6.07, 6.45) is 1.27. The van der Waals surface area contributed by atoms with Gasteiger partial charge in [-0.3, -0.25) is 9.59 Å². The predicted octanol–water partition coefficient (Wildman–Crippen LogP) is 2.78. The van der Waals surface area contributed by atoms with Crippen molar-refractivity contribution in [3.8, 4) is 5.75 Å².